The van der Waals surface area contributed by atoms with Crippen molar-refractivity contribution in [1.82, 2.24) is 9.55 Å². The van der Waals surface area contributed by atoms with Crippen LogP contribution in [0.1, 0.15) is 12.6 Å². The molecule has 1 fully saturated rings. The summed E-state index contributed by atoms with van der Waals surface area (Å²) >= 11 is 0. The fourth-order valence-corrected chi connectivity index (χ4v) is 1.87. The Morgan fingerprint density at radius 2 is 2.44 bits per heavy atom. The van der Waals surface area contributed by atoms with Crippen LogP contribution in [-0.2, 0) is 9.47 Å². The summed E-state index contributed by atoms with van der Waals surface area (Å²) in [6, 6.07) is 1.31. The molecule has 1 saturated heterocycles. The van der Waals surface area contributed by atoms with Crippen LogP contribution in [0.4, 0.5) is 0 Å². The third kappa shape index (κ3) is 2.23. The van der Waals surface area contributed by atoms with Crippen LogP contribution in [0.15, 0.2) is 21.9 Å². The predicted octanol–water partition coefficient (Wildman–Crippen LogP) is -0.282. The minimum absolute atomic E-state index is 0.300. The fraction of sp³-hybridized carbons (Fsp3) is 0.600. The van der Waals surface area contributed by atoms with Crippen molar-refractivity contribution in [3.8, 4) is 0 Å². The first-order chi connectivity index (χ1) is 7.70. The van der Waals surface area contributed by atoms with Crippen LogP contribution in [0.3, 0.4) is 0 Å². The molecule has 2 heterocycles. The Balaban J connectivity index is 2.14. The Kier molecular flexibility index (Phi) is 3.21. The van der Waals surface area contributed by atoms with Gasteiger partial charge in [0, 0.05) is 25.3 Å². The standard InChI is InChI=1S/C10H14N2O4/c1-15-5-7-4-9(16-6-7)12-3-2-8(13)11-10(12)14/h2-3,7,9H,4-6H2,1H3,(H,11,13,14)/t7-,9+/m0/s1. The SMILES string of the molecule is COC[C@H]1CO[C@@H](n2ccc(=O)[nH]c2=O)C1. The molecule has 1 aliphatic rings. The maximum atomic E-state index is 11.5. The van der Waals surface area contributed by atoms with E-state index >= 15 is 0 Å². The molecule has 0 aliphatic carbocycles. The summed E-state index contributed by atoms with van der Waals surface area (Å²) in [5.41, 5.74) is -0.830. The molecular formula is C10H14N2O4. The second-order valence-corrected chi connectivity index (χ2v) is 3.86. The fourth-order valence-electron chi connectivity index (χ4n) is 1.87. The summed E-state index contributed by atoms with van der Waals surface area (Å²) in [5.74, 6) is 0.300. The number of nitrogens with one attached hydrogen (secondary N) is 1. The van der Waals surface area contributed by atoms with Crippen molar-refractivity contribution < 1.29 is 9.47 Å². The molecule has 0 unspecified atom stereocenters. The van der Waals surface area contributed by atoms with Gasteiger partial charge in [-0.25, -0.2) is 4.79 Å². The van der Waals surface area contributed by atoms with Gasteiger partial charge in [-0.15, -0.1) is 0 Å². The van der Waals surface area contributed by atoms with E-state index in [1.807, 2.05) is 0 Å². The molecule has 0 amide bonds. The highest BCUT2D eigenvalue weighted by atomic mass is 16.5. The van der Waals surface area contributed by atoms with E-state index in [4.69, 9.17) is 9.47 Å². The topological polar surface area (TPSA) is 73.3 Å². The van der Waals surface area contributed by atoms with Crippen molar-refractivity contribution in [2.75, 3.05) is 20.3 Å². The zero-order chi connectivity index (χ0) is 11.5. The van der Waals surface area contributed by atoms with Crippen LogP contribution in [0.5, 0.6) is 0 Å². The van der Waals surface area contributed by atoms with E-state index in [1.165, 1.54) is 16.8 Å². The van der Waals surface area contributed by atoms with Gasteiger partial charge in [0.25, 0.3) is 5.56 Å². The van der Waals surface area contributed by atoms with Gasteiger partial charge in [-0.05, 0) is 6.42 Å². The molecule has 2 rings (SSSR count). The van der Waals surface area contributed by atoms with Gasteiger partial charge >= 0.3 is 5.69 Å². The molecule has 1 aliphatic heterocycles. The molecule has 1 N–H and O–H groups in total. The molecule has 1 aromatic heterocycles. The van der Waals surface area contributed by atoms with Crippen LogP contribution in [0, 0.1) is 5.92 Å². The van der Waals surface area contributed by atoms with E-state index in [1.54, 1.807) is 7.11 Å². The van der Waals surface area contributed by atoms with Crippen molar-refractivity contribution in [2.45, 2.75) is 12.6 Å². The molecule has 0 bridgehead atoms. The van der Waals surface area contributed by atoms with Gasteiger partial charge in [0.05, 0.1) is 13.2 Å². The summed E-state index contributed by atoms with van der Waals surface area (Å²) in [7, 11) is 1.64. The minimum atomic E-state index is -0.435. The van der Waals surface area contributed by atoms with Gasteiger partial charge in [0.15, 0.2) is 0 Å². The Morgan fingerprint density at radius 1 is 1.62 bits per heavy atom. The van der Waals surface area contributed by atoms with Crippen molar-refractivity contribution in [1.29, 1.82) is 0 Å². The number of aromatic amines is 1. The number of ether oxygens (including phenoxy) is 2. The third-order valence-corrected chi connectivity index (χ3v) is 2.62. The summed E-state index contributed by atoms with van der Waals surface area (Å²) < 4.78 is 11.9. The molecule has 2 atom stereocenters. The maximum Gasteiger partial charge on any atom is 0.330 e. The number of nitrogens with zero attached hydrogens (tertiary/aromatic N) is 1. The highest BCUT2D eigenvalue weighted by Gasteiger charge is 2.27. The van der Waals surface area contributed by atoms with Gasteiger partial charge in [0.1, 0.15) is 6.23 Å². The monoisotopic (exact) mass is 226 g/mol. The average molecular weight is 226 g/mol. The largest absolute Gasteiger partial charge is 0.384 e. The molecule has 0 radical (unpaired) electrons. The lowest BCUT2D eigenvalue weighted by Crippen LogP contribution is -2.31. The lowest BCUT2D eigenvalue weighted by molar-refractivity contribution is 0.0475. The first-order valence-electron chi connectivity index (χ1n) is 5.12. The van der Waals surface area contributed by atoms with Crippen LogP contribution in [-0.4, -0.2) is 29.9 Å². The number of hydrogen-bond donors (Lipinski definition) is 1. The summed E-state index contributed by atoms with van der Waals surface area (Å²) in [4.78, 5) is 24.6. The second-order valence-electron chi connectivity index (χ2n) is 3.86. The van der Waals surface area contributed by atoms with E-state index in [-0.39, 0.29) is 6.23 Å². The number of rotatable bonds is 3. The van der Waals surface area contributed by atoms with Gasteiger partial charge in [-0.2, -0.15) is 0 Å². The van der Waals surface area contributed by atoms with Crippen molar-refractivity contribution in [2.24, 2.45) is 5.92 Å². The van der Waals surface area contributed by atoms with Crippen LogP contribution in [0.2, 0.25) is 0 Å². The molecular weight excluding hydrogens is 212 g/mol. The van der Waals surface area contributed by atoms with Gasteiger partial charge in [-0.3, -0.25) is 14.3 Å². The van der Waals surface area contributed by atoms with Crippen molar-refractivity contribution in [3.63, 3.8) is 0 Å². The van der Waals surface area contributed by atoms with Gasteiger partial charge in [0.2, 0.25) is 0 Å². The zero-order valence-corrected chi connectivity index (χ0v) is 9.01. The first kappa shape index (κ1) is 11.1. The minimum Gasteiger partial charge on any atom is -0.384 e. The van der Waals surface area contributed by atoms with E-state index in [0.717, 1.165) is 6.42 Å². The molecule has 0 spiro atoms. The Bertz CT molecular complexity index is 464. The Labute approximate surface area is 91.8 Å². The molecule has 6 nitrogen and oxygen atoms in total. The molecule has 6 heteroatoms. The van der Waals surface area contributed by atoms with E-state index in [0.29, 0.717) is 19.1 Å². The Morgan fingerprint density at radius 3 is 3.12 bits per heavy atom. The number of aromatic nitrogens is 2. The lowest BCUT2D eigenvalue weighted by Gasteiger charge is -2.11. The molecule has 16 heavy (non-hydrogen) atoms. The quantitative estimate of drug-likeness (QED) is 0.769. The summed E-state index contributed by atoms with van der Waals surface area (Å²) in [6.45, 7) is 1.19. The normalized spacial score (nSPS) is 24.8. The van der Waals surface area contributed by atoms with E-state index in [9.17, 15) is 9.59 Å². The van der Waals surface area contributed by atoms with Gasteiger partial charge in [-0.1, -0.05) is 0 Å². The summed E-state index contributed by atoms with van der Waals surface area (Å²) in [5, 5.41) is 0. The van der Waals surface area contributed by atoms with Gasteiger partial charge < -0.3 is 9.47 Å². The van der Waals surface area contributed by atoms with Crippen molar-refractivity contribution in [3.05, 3.63) is 33.1 Å². The predicted molar refractivity (Wildman–Crippen MR) is 56.3 cm³/mol. The van der Waals surface area contributed by atoms with Crippen LogP contribution < -0.4 is 11.2 Å². The van der Waals surface area contributed by atoms with Crippen LogP contribution >= 0.6 is 0 Å². The zero-order valence-electron chi connectivity index (χ0n) is 9.01. The molecule has 0 aromatic carbocycles. The first-order valence-corrected chi connectivity index (χ1v) is 5.12. The van der Waals surface area contributed by atoms with Crippen LogP contribution in [0.25, 0.3) is 0 Å². The number of hydrogen-bond acceptors (Lipinski definition) is 4. The van der Waals surface area contributed by atoms with E-state index in [2.05, 4.69) is 4.98 Å². The highest BCUT2D eigenvalue weighted by Crippen LogP contribution is 2.26. The average Bonchev–Trinajstić information content (AvgIpc) is 2.67. The molecule has 88 valence electrons. The van der Waals surface area contributed by atoms with E-state index < -0.39 is 11.2 Å². The third-order valence-electron chi connectivity index (χ3n) is 2.62. The molecule has 1 aromatic rings. The highest BCUT2D eigenvalue weighted by molar-refractivity contribution is 4.85. The maximum absolute atomic E-state index is 11.5. The number of H-pyrrole nitrogens is 1. The Hall–Kier alpha value is -1.40. The molecule has 0 saturated carbocycles. The smallest absolute Gasteiger partial charge is 0.330 e. The summed E-state index contributed by atoms with van der Waals surface area (Å²) in [6.07, 6.45) is 1.88. The second kappa shape index (κ2) is 4.63. The van der Waals surface area contributed by atoms with Crippen molar-refractivity contribution >= 4 is 0 Å². The lowest BCUT2D eigenvalue weighted by atomic mass is 10.1. The number of methoxy groups -OCH3 is 1.